The molecule has 27 heavy (non-hydrogen) atoms. The molecule has 0 amide bonds. The van der Waals surface area contributed by atoms with Crippen molar-refractivity contribution in [3.8, 4) is 5.75 Å². The molecule has 0 aliphatic rings. The third-order valence-corrected chi connectivity index (χ3v) is 4.41. The molecule has 0 aliphatic carbocycles. The standard InChI is InChI=1S/C20H30F4O3/c1-4-5-6-11-19(2,3)15-7-9-17(10-8-15)27-13-16(25)12-26-14-20(23,24)18(21)22/h7-10,16,18,25H,4-6,11-14H2,1-3H3. The van der Waals surface area contributed by atoms with Gasteiger partial charge in [0, 0.05) is 0 Å². The Bertz CT molecular complexity index is 533. The molecule has 156 valence electrons. The predicted octanol–water partition coefficient (Wildman–Crippen LogP) is 5.20. The quantitative estimate of drug-likeness (QED) is 0.369. The molecule has 0 radical (unpaired) electrons. The van der Waals surface area contributed by atoms with E-state index in [0.717, 1.165) is 6.42 Å². The summed E-state index contributed by atoms with van der Waals surface area (Å²) < 4.78 is 59.2. The molecule has 0 aromatic heterocycles. The highest BCUT2D eigenvalue weighted by Gasteiger charge is 2.41. The van der Waals surface area contributed by atoms with Crippen LogP contribution in [-0.2, 0) is 10.2 Å². The number of hydrogen-bond acceptors (Lipinski definition) is 3. The van der Waals surface area contributed by atoms with Crippen LogP contribution in [0.1, 0.15) is 52.0 Å². The van der Waals surface area contributed by atoms with E-state index < -0.39 is 31.7 Å². The lowest BCUT2D eigenvalue weighted by Gasteiger charge is -2.25. The van der Waals surface area contributed by atoms with Gasteiger partial charge in [0.25, 0.3) is 0 Å². The Kier molecular flexibility index (Phi) is 9.53. The first-order valence-corrected chi connectivity index (χ1v) is 9.23. The lowest BCUT2D eigenvalue weighted by molar-refractivity contribution is -0.171. The number of ether oxygens (including phenoxy) is 2. The molecular formula is C20H30F4O3. The van der Waals surface area contributed by atoms with E-state index in [-0.39, 0.29) is 12.0 Å². The summed E-state index contributed by atoms with van der Waals surface area (Å²) in [5.41, 5.74) is 1.24. The molecule has 1 aromatic carbocycles. The van der Waals surface area contributed by atoms with Gasteiger partial charge in [0.1, 0.15) is 25.1 Å². The number of aliphatic hydroxyl groups is 1. The minimum absolute atomic E-state index is 0.0526. The van der Waals surface area contributed by atoms with Crippen molar-refractivity contribution in [3.63, 3.8) is 0 Å². The van der Waals surface area contributed by atoms with Gasteiger partial charge in [-0.25, -0.2) is 8.78 Å². The Balaban J connectivity index is 2.40. The number of hydrogen-bond donors (Lipinski definition) is 1. The van der Waals surface area contributed by atoms with Crippen LogP contribution in [0.25, 0.3) is 0 Å². The van der Waals surface area contributed by atoms with Gasteiger partial charge in [-0.1, -0.05) is 52.2 Å². The van der Waals surface area contributed by atoms with Crippen molar-refractivity contribution in [1.82, 2.24) is 0 Å². The van der Waals surface area contributed by atoms with Crippen molar-refractivity contribution in [3.05, 3.63) is 29.8 Å². The van der Waals surface area contributed by atoms with E-state index in [1.807, 2.05) is 12.1 Å². The summed E-state index contributed by atoms with van der Waals surface area (Å²) in [5.74, 6) is -3.69. The smallest absolute Gasteiger partial charge is 0.330 e. The van der Waals surface area contributed by atoms with E-state index in [0.29, 0.717) is 5.75 Å². The van der Waals surface area contributed by atoms with Crippen LogP contribution >= 0.6 is 0 Å². The monoisotopic (exact) mass is 394 g/mol. The van der Waals surface area contributed by atoms with Crippen LogP contribution in [0.3, 0.4) is 0 Å². The molecule has 0 saturated heterocycles. The van der Waals surface area contributed by atoms with Gasteiger partial charge in [0.15, 0.2) is 0 Å². The Morgan fingerprint density at radius 2 is 1.67 bits per heavy atom. The van der Waals surface area contributed by atoms with E-state index >= 15 is 0 Å². The van der Waals surface area contributed by atoms with Crippen LogP contribution in [0.4, 0.5) is 17.6 Å². The molecule has 0 saturated carbocycles. The number of unbranched alkanes of at least 4 members (excludes halogenated alkanes) is 2. The van der Waals surface area contributed by atoms with Gasteiger partial charge in [-0.15, -0.1) is 0 Å². The number of halogens is 4. The average molecular weight is 394 g/mol. The van der Waals surface area contributed by atoms with Crippen LogP contribution in [0.2, 0.25) is 0 Å². The molecule has 1 rings (SSSR count). The van der Waals surface area contributed by atoms with Crippen molar-refractivity contribution in [2.45, 2.75) is 70.3 Å². The highest BCUT2D eigenvalue weighted by molar-refractivity contribution is 5.31. The molecule has 0 aliphatic heterocycles. The molecule has 1 aromatic rings. The number of rotatable bonds is 13. The highest BCUT2D eigenvalue weighted by Crippen LogP contribution is 2.30. The van der Waals surface area contributed by atoms with Crippen LogP contribution in [-0.4, -0.2) is 43.4 Å². The van der Waals surface area contributed by atoms with Crippen LogP contribution in [0, 0.1) is 0 Å². The predicted molar refractivity (Wildman–Crippen MR) is 96.9 cm³/mol. The van der Waals surface area contributed by atoms with Gasteiger partial charge >= 0.3 is 12.3 Å². The van der Waals surface area contributed by atoms with E-state index in [9.17, 15) is 22.7 Å². The molecule has 1 unspecified atom stereocenters. The topological polar surface area (TPSA) is 38.7 Å². The van der Waals surface area contributed by atoms with E-state index in [1.165, 1.54) is 24.8 Å². The number of aliphatic hydroxyl groups excluding tert-OH is 1. The van der Waals surface area contributed by atoms with Gasteiger partial charge in [-0.3, -0.25) is 0 Å². The van der Waals surface area contributed by atoms with Gasteiger partial charge in [0.2, 0.25) is 0 Å². The third-order valence-electron chi connectivity index (χ3n) is 4.41. The molecule has 3 nitrogen and oxygen atoms in total. The number of benzene rings is 1. The Hall–Kier alpha value is -1.34. The van der Waals surface area contributed by atoms with Gasteiger partial charge < -0.3 is 14.6 Å². The maximum absolute atomic E-state index is 12.7. The summed E-state index contributed by atoms with van der Waals surface area (Å²) in [6.07, 6.45) is -0.360. The summed E-state index contributed by atoms with van der Waals surface area (Å²) in [5, 5.41) is 9.67. The van der Waals surface area contributed by atoms with Gasteiger partial charge in [0.05, 0.1) is 6.61 Å². The lowest BCUT2D eigenvalue weighted by Crippen LogP contribution is -2.34. The SMILES string of the molecule is CCCCCC(C)(C)c1ccc(OCC(O)COCC(F)(F)C(F)F)cc1. The van der Waals surface area contributed by atoms with Crippen LogP contribution in [0.5, 0.6) is 5.75 Å². The van der Waals surface area contributed by atoms with Crippen molar-refractivity contribution in [1.29, 1.82) is 0 Å². The van der Waals surface area contributed by atoms with E-state index in [4.69, 9.17) is 4.74 Å². The molecular weight excluding hydrogens is 364 g/mol. The van der Waals surface area contributed by atoms with Crippen molar-refractivity contribution in [2.75, 3.05) is 19.8 Å². The first kappa shape index (κ1) is 23.7. The Morgan fingerprint density at radius 3 is 2.22 bits per heavy atom. The number of alkyl halides is 4. The molecule has 1 atom stereocenters. The van der Waals surface area contributed by atoms with E-state index in [2.05, 4.69) is 25.5 Å². The zero-order valence-corrected chi connectivity index (χ0v) is 16.2. The molecule has 1 N–H and O–H groups in total. The first-order chi connectivity index (χ1) is 12.6. The van der Waals surface area contributed by atoms with Crippen molar-refractivity contribution < 1.29 is 32.1 Å². The van der Waals surface area contributed by atoms with E-state index in [1.54, 1.807) is 12.1 Å². The van der Waals surface area contributed by atoms with Gasteiger partial charge in [-0.05, 0) is 29.5 Å². The fourth-order valence-corrected chi connectivity index (χ4v) is 2.60. The Morgan fingerprint density at radius 1 is 1.04 bits per heavy atom. The normalized spacial score (nSPS) is 13.8. The first-order valence-electron chi connectivity index (χ1n) is 9.23. The lowest BCUT2D eigenvalue weighted by atomic mass is 9.80. The summed E-state index contributed by atoms with van der Waals surface area (Å²) >= 11 is 0. The minimum Gasteiger partial charge on any atom is -0.491 e. The van der Waals surface area contributed by atoms with Crippen LogP contribution in [0.15, 0.2) is 24.3 Å². The molecule has 0 spiro atoms. The maximum Gasteiger partial charge on any atom is 0.330 e. The third kappa shape index (κ3) is 8.47. The Labute approximate surface area is 158 Å². The fraction of sp³-hybridized carbons (Fsp3) is 0.700. The second kappa shape index (κ2) is 10.9. The van der Waals surface area contributed by atoms with Crippen molar-refractivity contribution >= 4 is 0 Å². The summed E-state index contributed by atoms with van der Waals surface area (Å²) in [7, 11) is 0. The summed E-state index contributed by atoms with van der Waals surface area (Å²) in [6, 6.07) is 7.51. The molecule has 0 fully saturated rings. The van der Waals surface area contributed by atoms with Crippen molar-refractivity contribution in [2.24, 2.45) is 0 Å². The van der Waals surface area contributed by atoms with Crippen LogP contribution < -0.4 is 4.74 Å². The molecule has 0 heterocycles. The summed E-state index contributed by atoms with van der Waals surface area (Å²) in [4.78, 5) is 0. The summed E-state index contributed by atoms with van der Waals surface area (Å²) in [6.45, 7) is 4.42. The fourth-order valence-electron chi connectivity index (χ4n) is 2.60. The second-order valence-electron chi connectivity index (χ2n) is 7.41. The van der Waals surface area contributed by atoms with Gasteiger partial charge in [-0.2, -0.15) is 8.78 Å². The minimum atomic E-state index is -4.22. The zero-order valence-electron chi connectivity index (χ0n) is 16.2. The molecule has 0 bridgehead atoms. The largest absolute Gasteiger partial charge is 0.491 e. The maximum atomic E-state index is 12.7. The zero-order chi connectivity index (χ0) is 20.5. The average Bonchev–Trinajstić information content (AvgIpc) is 2.60. The molecule has 7 heteroatoms. The highest BCUT2D eigenvalue weighted by atomic mass is 19.3. The second-order valence-corrected chi connectivity index (χ2v) is 7.41.